The Balaban J connectivity index is 2.23. The molecule has 1 atom stereocenters. The predicted octanol–water partition coefficient (Wildman–Crippen LogP) is 2.16. The molecule has 0 aliphatic rings. The lowest BCUT2D eigenvalue weighted by molar-refractivity contribution is 0.0609. The van der Waals surface area contributed by atoms with Gasteiger partial charge >= 0.3 is 0 Å². The molecule has 0 radical (unpaired) electrons. The van der Waals surface area contributed by atoms with Crippen LogP contribution in [0.15, 0.2) is 36.5 Å². The number of carbonyl (C=O) groups is 1. The van der Waals surface area contributed by atoms with Crippen LogP contribution in [-0.4, -0.2) is 62.7 Å². The van der Waals surface area contributed by atoms with Crippen LogP contribution in [0.4, 0.5) is 0 Å². The van der Waals surface area contributed by atoms with Crippen molar-refractivity contribution in [2.24, 2.45) is 0 Å². The number of methoxy groups -OCH3 is 2. The summed E-state index contributed by atoms with van der Waals surface area (Å²) in [6, 6.07) is 8.85. The molecule has 0 bridgehead atoms. The Morgan fingerprint density at radius 2 is 1.96 bits per heavy atom. The van der Waals surface area contributed by atoms with E-state index >= 15 is 0 Å². The van der Waals surface area contributed by atoms with Crippen molar-refractivity contribution in [3.63, 3.8) is 0 Å². The Morgan fingerprint density at radius 1 is 1.22 bits per heavy atom. The standard InChI is InChI=1S/C19H23ClN2O5/c1-25-7-8-27-19-17(13-3-5-15(20)6-4-13)9-14(10-22-19)18(24)21-11-16(23)12-26-2/h3-6,9-10,16,23H,7-8,11-12H2,1-2H3,(H,21,24). The number of aliphatic hydroxyl groups is 1. The third-order valence-corrected chi connectivity index (χ3v) is 3.90. The van der Waals surface area contributed by atoms with Crippen LogP contribution >= 0.6 is 11.6 Å². The van der Waals surface area contributed by atoms with E-state index in [1.807, 2.05) is 12.1 Å². The van der Waals surface area contributed by atoms with Gasteiger partial charge in [-0.2, -0.15) is 0 Å². The lowest BCUT2D eigenvalue weighted by atomic mass is 10.0. The minimum Gasteiger partial charge on any atom is -0.475 e. The van der Waals surface area contributed by atoms with Crippen LogP contribution < -0.4 is 10.1 Å². The number of pyridine rings is 1. The van der Waals surface area contributed by atoms with Crippen molar-refractivity contribution in [3.05, 3.63) is 47.1 Å². The molecule has 2 rings (SSSR count). The van der Waals surface area contributed by atoms with Crippen LogP contribution in [-0.2, 0) is 9.47 Å². The number of hydrogen-bond acceptors (Lipinski definition) is 6. The van der Waals surface area contributed by atoms with Gasteiger partial charge in [-0.15, -0.1) is 0 Å². The molecule has 0 saturated heterocycles. The first-order chi connectivity index (χ1) is 13.0. The average molecular weight is 395 g/mol. The number of amides is 1. The fourth-order valence-corrected chi connectivity index (χ4v) is 2.44. The zero-order valence-corrected chi connectivity index (χ0v) is 16.0. The van der Waals surface area contributed by atoms with Crippen molar-refractivity contribution < 1.29 is 24.1 Å². The fraction of sp³-hybridized carbons (Fsp3) is 0.368. The van der Waals surface area contributed by atoms with E-state index in [1.165, 1.54) is 13.3 Å². The van der Waals surface area contributed by atoms with E-state index < -0.39 is 6.10 Å². The van der Waals surface area contributed by atoms with Gasteiger partial charge in [-0.1, -0.05) is 23.7 Å². The molecule has 2 aromatic rings. The van der Waals surface area contributed by atoms with E-state index in [9.17, 15) is 9.90 Å². The number of hydrogen-bond donors (Lipinski definition) is 2. The number of aliphatic hydroxyl groups excluding tert-OH is 1. The number of carbonyl (C=O) groups excluding carboxylic acids is 1. The molecule has 0 fully saturated rings. The van der Waals surface area contributed by atoms with Gasteiger partial charge in [0.25, 0.3) is 5.91 Å². The Hall–Kier alpha value is -2.19. The molecule has 1 aromatic carbocycles. The second-order valence-corrected chi connectivity index (χ2v) is 6.18. The maximum atomic E-state index is 12.4. The van der Waals surface area contributed by atoms with E-state index in [2.05, 4.69) is 10.3 Å². The van der Waals surface area contributed by atoms with Crippen LogP contribution in [0.1, 0.15) is 10.4 Å². The van der Waals surface area contributed by atoms with Crippen LogP contribution in [0.3, 0.4) is 0 Å². The quantitative estimate of drug-likeness (QED) is 0.600. The van der Waals surface area contributed by atoms with Crippen LogP contribution in [0.25, 0.3) is 11.1 Å². The lowest BCUT2D eigenvalue weighted by Crippen LogP contribution is -2.34. The topological polar surface area (TPSA) is 89.9 Å². The minimum atomic E-state index is -0.778. The third kappa shape index (κ3) is 6.48. The molecule has 0 saturated carbocycles. The number of rotatable bonds is 10. The van der Waals surface area contributed by atoms with Gasteiger partial charge < -0.3 is 24.6 Å². The highest BCUT2D eigenvalue weighted by atomic mass is 35.5. The van der Waals surface area contributed by atoms with Gasteiger partial charge in [-0.3, -0.25) is 4.79 Å². The largest absolute Gasteiger partial charge is 0.475 e. The summed E-state index contributed by atoms with van der Waals surface area (Å²) >= 11 is 5.96. The van der Waals surface area contributed by atoms with Gasteiger partial charge in [0.05, 0.1) is 24.9 Å². The van der Waals surface area contributed by atoms with Crippen molar-refractivity contribution in [3.8, 4) is 17.0 Å². The van der Waals surface area contributed by atoms with Crippen molar-refractivity contribution in [2.75, 3.05) is 40.6 Å². The number of halogens is 1. The van der Waals surface area contributed by atoms with E-state index in [0.717, 1.165) is 5.56 Å². The lowest BCUT2D eigenvalue weighted by Gasteiger charge is -2.14. The normalized spacial score (nSPS) is 11.9. The molecule has 1 amide bonds. The van der Waals surface area contributed by atoms with Crippen molar-refractivity contribution in [2.45, 2.75) is 6.10 Å². The summed E-state index contributed by atoms with van der Waals surface area (Å²) in [4.78, 5) is 16.7. The molecule has 1 aromatic heterocycles. The SMILES string of the molecule is COCCOc1ncc(C(=O)NCC(O)COC)cc1-c1ccc(Cl)cc1. The van der Waals surface area contributed by atoms with Gasteiger partial charge in [0.1, 0.15) is 6.61 Å². The first-order valence-electron chi connectivity index (χ1n) is 8.38. The summed E-state index contributed by atoms with van der Waals surface area (Å²) in [5, 5.41) is 12.9. The van der Waals surface area contributed by atoms with Gasteiger partial charge in [-0.05, 0) is 23.8 Å². The Labute approximate surface area is 163 Å². The van der Waals surface area contributed by atoms with Crippen LogP contribution in [0.2, 0.25) is 5.02 Å². The molecule has 0 spiro atoms. The molecule has 1 heterocycles. The second-order valence-electron chi connectivity index (χ2n) is 5.74. The second kappa shape index (κ2) is 10.8. The van der Waals surface area contributed by atoms with E-state index in [0.29, 0.717) is 35.2 Å². The molecule has 8 heteroatoms. The predicted molar refractivity (Wildman–Crippen MR) is 102 cm³/mol. The zero-order valence-electron chi connectivity index (χ0n) is 15.3. The average Bonchev–Trinajstić information content (AvgIpc) is 2.67. The molecular weight excluding hydrogens is 372 g/mol. The molecule has 0 aliphatic carbocycles. The van der Waals surface area contributed by atoms with Crippen molar-refractivity contribution >= 4 is 17.5 Å². The Morgan fingerprint density at radius 3 is 2.63 bits per heavy atom. The number of nitrogens with zero attached hydrogens (tertiary/aromatic N) is 1. The summed E-state index contributed by atoms with van der Waals surface area (Å²) in [7, 11) is 3.07. The summed E-state index contributed by atoms with van der Waals surface area (Å²) in [6.45, 7) is 0.968. The molecule has 0 aliphatic heterocycles. The smallest absolute Gasteiger partial charge is 0.252 e. The van der Waals surface area contributed by atoms with Gasteiger partial charge in [0.15, 0.2) is 0 Å². The van der Waals surface area contributed by atoms with Crippen LogP contribution in [0.5, 0.6) is 5.88 Å². The minimum absolute atomic E-state index is 0.0784. The highest BCUT2D eigenvalue weighted by molar-refractivity contribution is 6.30. The summed E-state index contributed by atoms with van der Waals surface area (Å²) in [6.07, 6.45) is 0.652. The molecular formula is C19H23ClN2O5. The summed E-state index contributed by atoms with van der Waals surface area (Å²) in [5.41, 5.74) is 1.82. The summed E-state index contributed by atoms with van der Waals surface area (Å²) in [5.74, 6) is 0.0432. The first-order valence-corrected chi connectivity index (χ1v) is 8.76. The molecule has 146 valence electrons. The highest BCUT2D eigenvalue weighted by Crippen LogP contribution is 2.30. The van der Waals surface area contributed by atoms with E-state index in [1.54, 1.807) is 25.3 Å². The molecule has 1 unspecified atom stereocenters. The molecule has 2 N–H and O–H groups in total. The monoisotopic (exact) mass is 394 g/mol. The van der Waals surface area contributed by atoms with Crippen LogP contribution in [0, 0.1) is 0 Å². The van der Waals surface area contributed by atoms with Crippen molar-refractivity contribution in [1.29, 1.82) is 0 Å². The van der Waals surface area contributed by atoms with Gasteiger partial charge in [0, 0.05) is 37.5 Å². The van der Waals surface area contributed by atoms with E-state index in [-0.39, 0.29) is 19.1 Å². The summed E-state index contributed by atoms with van der Waals surface area (Å²) < 4.78 is 15.5. The maximum absolute atomic E-state index is 12.4. The fourth-order valence-electron chi connectivity index (χ4n) is 2.31. The van der Waals surface area contributed by atoms with Gasteiger partial charge in [-0.25, -0.2) is 4.98 Å². The Bertz CT molecular complexity index is 739. The number of benzene rings is 1. The molecule has 7 nitrogen and oxygen atoms in total. The Kier molecular flexibility index (Phi) is 8.47. The highest BCUT2D eigenvalue weighted by Gasteiger charge is 2.15. The maximum Gasteiger partial charge on any atom is 0.252 e. The van der Waals surface area contributed by atoms with E-state index in [4.69, 9.17) is 25.8 Å². The number of aromatic nitrogens is 1. The molecule has 27 heavy (non-hydrogen) atoms. The van der Waals surface area contributed by atoms with Gasteiger partial charge in [0.2, 0.25) is 5.88 Å². The first kappa shape index (κ1) is 21.1. The van der Waals surface area contributed by atoms with Crippen molar-refractivity contribution in [1.82, 2.24) is 10.3 Å². The third-order valence-electron chi connectivity index (χ3n) is 3.65. The number of ether oxygens (including phenoxy) is 3. The number of nitrogens with one attached hydrogen (secondary N) is 1. The zero-order chi connectivity index (χ0) is 19.6.